The van der Waals surface area contributed by atoms with Gasteiger partial charge in [0.05, 0.1) is 6.10 Å². The maximum absolute atomic E-state index is 12.0. The Bertz CT molecular complexity index is 619. The minimum atomic E-state index is 0.159. The molecule has 0 fully saturated rings. The molecular formula is C27H45O2. The SMILES string of the molecule is Cc1c([O])cc2c(c1C)O[C@H](CCC[C@H](C)CCC[C@H](C)CCCC(C)C)CC2. The molecule has 2 rings (SSSR count). The van der Waals surface area contributed by atoms with Crippen molar-refractivity contribution in [3.8, 4) is 11.5 Å². The standard InChI is InChI=1S/C27H45O2/c1-19(2)10-7-11-20(3)12-8-13-21(4)14-9-15-25-17-16-24-18-26(28)22(5)23(6)27(24)29-25/h18-21,25H,7-17H2,1-6H3/t20-,21-,25-/m1/s1. The van der Waals surface area contributed by atoms with Gasteiger partial charge in [0.2, 0.25) is 0 Å². The van der Waals surface area contributed by atoms with E-state index in [1.54, 1.807) is 6.07 Å². The Morgan fingerprint density at radius 2 is 1.48 bits per heavy atom. The van der Waals surface area contributed by atoms with Crippen LogP contribution < -0.4 is 4.74 Å². The summed E-state index contributed by atoms with van der Waals surface area (Å²) in [5.74, 6) is 3.71. The molecule has 0 saturated carbocycles. The van der Waals surface area contributed by atoms with E-state index in [2.05, 4.69) is 27.7 Å². The highest BCUT2D eigenvalue weighted by molar-refractivity contribution is 5.52. The predicted octanol–water partition coefficient (Wildman–Crippen LogP) is 8.58. The van der Waals surface area contributed by atoms with E-state index < -0.39 is 0 Å². The minimum absolute atomic E-state index is 0.159. The molecule has 0 bridgehead atoms. The largest absolute Gasteiger partial charge is 0.490 e. The van der Waals surface area contributed by atoms with Gasteiger partial charge in [-0.15, -0.1) is 0 Å². The van der Waals surface area contributed by atoms with Gasteiger partial charge in [0.15, 0.2) is 5.75 Å². The Balaban J connectivity index is 1.62. The van der Waals surface area contributed by atoms with Gasteiger partial charge in [0.25, 0.3) is 0 Å². The first-order valence-electron chi connectivity index (χ1n) is 12.2. The molecule has 1 aromatic rings. The number of benzene rings is 1. The zero-order chi connectivity index (χ0) is 21.4. The summed E-state index contributed by atoms with van der Waals surface area (Å²) in [5.41, 5.74) is 3.01. The van der Waals surface area contributed by atoms with Gasteiger partial charge in [-0.1, -0.05) is 72.6 Å². The van der Waals surface area contributed by atoms with Gasteiger partial charge in [0.1, 0.15) is 5.75 Å². The third-order valence-corrected chi connectivity index (χ3v) is 6.99. The van der Waals surface area contributed by atoms with Crippen molar-refractivity contribution in [2.75, 3.05) is 0 Å². The van der Waals surface area contributed by atoms with Crippen LogP contribution in [-0.2, 0) is 11.5 Å². The fourth-order valence-electron chi connectivity index (χ4n) is 4.70. The number of rotatable bonds is 12. The lowest BCUT2D eigenvalue weighted by atomic mass is 9.90. The zero-order valence-corrected chi connectivity index (χ0v) is 20.0. The Hall–Kier alpha value is -1.18. The molecule has 1 aliphatic rings. The molecule has 0 aliphatic carbocycles. The molecule has 3 atom stereocenters. The van der Waals surface area contributed by atoms with Crippen LogP contribution in [0.25, 0.3) is 0 Å². The first-order valence-corrected chi connectivity index (χ1v) is 12.2. The van der Waals surface area contributed by atoms with Gasteiger partial charge < -0.3 is 4.74 Å². The van der Waals surface area contributed by atoms with Gasteiger partial charge in [-0.2, -0.15) is 0 Å². The van der Waals surface area contributed by atoms with Crippen molar-refractivity contribution in [1.82, 2.24) is 0 Å². The van der Waals surface area contributed by atoms with Gasteiger partial charge in [-0.3, -0.25) is 5.11 Å². The predicted molar refractivity (Wildman–Crippen MR) is 124 cm³/mol. The highest BCUT2D eigenvalue weighted by Crippen LogP contribution is 2.38. The average molecular weight is 402 g/mol. The van der Waals surface area contributed by atoms with Crippen LogP contribution in [0.4, 0.5) is 0 Å². The quantitative estimate of drug-likeness (QED) is 0.345. The van der Waals surface area contributed by atoms with E-state index in [0.717, 1.165) is 59.5 Å². The maximum atomic E-state index is 12.0. The summed E-state index contributed by atoms with van der Waals surface area (Å²) in [6.07, 6.45) is 14.4. The van der Waals surface area contributed by atoms with Gasteiger partial charge >= 0.3 is 0 Å². The molecular weight excluding hydrogens is 356 g/mol. The highest BCUT2D eigenvalue weighted by atomic mass is 16.5. The van der Waals surface area contributed by atoms with Crippen LogP contribution in [0.3, 0.4) is 0 Å². The number of aryl methyl sites for hydroxylation is 1. The van der Waals surface area contributed by atoms with Crippen molar-refractivity contribution in [2.45, 2.75) is 118 Å². The summed E-state index contributed by atoms with van der Waals surface area (Å²) >= 11 is 0. The summed E-state index contributed by atoms with van der Waals surface area (Å²) in [5, 5.41) is 12.0. The van der Waals surface area contributed by atoms with Crippen molar-refractivity contribution in [1.29, 1.82) is 0 Å². The van der Waals surface area contributed by atoms with E-state index >= 15 is 0 Å². The molecule has 29 heavy (non-hydrogen) atoms. The molecule has 2 nitrogen and oxygen atoms in total. The normalized spacial score (nSPS) is 18.4. The van der Waals surface area contributed by atoms with Crippen LogP contribution in [0.2, 0.25) is 0 Å². The second-order valence-electron chi connectivity index (χ2n) is 10.3. The van der Waals surface area contributed by atoms with Gasteiger partial charge in [-0.05, 0) is 74.5 Å². The van der Waals surface area contributed by atoms with Crippen LogP contribution in [0, 0.1) is 31.6 Å². The number of hydrogen-bond acceptors (Lipinski definition) is 1. The van der Waals surface area contributed by atoms with Crippen LogP contribution in [0.15, 0.2) is 6.07 Å². The molecule has 1 heterocycles. The summed E-state index contributed by atoms with van der Waals surface area (Å²) in [7, 11) is 0. The van der Waals surface area contributed by atoms with Gasteiger partial charge in [-0.25, -0.2) is 0 Å². The number of fused-ring (bicyclic) bond motifs is 1. The Kier molecular flexibility index (Phi) is 9.86. The first-order chi connectivity index (χ1) is 13.8. The molecule has 0 unspecified atom stereocenters. The lowest BCUT2D eigenvalue weighted by Gasteiger charge is -2.28. The third kappa shape index (κ3) is 7.87. The topological polar surface area (TPSA) is 29.1 Å². The second-order valence-corrected chi connectivity index (χ2v) is 10.3. The van der Waals surface area contributed by atoms with E-state index in [9.17, 15) is 5.11 Å². The van der Waals surface area contributed by atoms with Crippen molar-refractivity contribution in [3.63, 3.8) is 0 Å². The third-order valence-electron chi connectivity index (χ3n) is 6.99. The Labute approximate surface area is 180 Å². The highest BCUT2D eigenvalue weighted by Gasteiger charge is 2.23. The molecule has 0 spiro atoms. The summed E-state index contributed by atoms with van der Waals surface area (Å²) in [6, 6.07) is 1.79. The first kappa shape index (κ1) is 24.1. The molecule has 0 amide bonds. The smallest absolute Gasteiger partial charge is 0.182 e. The fraction of sp³-hybridized carbons (Fsp3) is 0.778. The summed E-state index contributed by atoms with van der Waals surface area (Å²) in [6.45, 7) is 13.5. The van der Waals surface area contributed by atoms with Crippen molar-refractivity contribution >= 4 is 0 Å². The molecule has 165 valence electrons. The molecule has 1 aliphatic heterocycles. The van der Waals surface area contributed by atoms with Gasteiger partial charge in [0, 0.05) is 5.56 Å². The summed E-state index contributed by atoms with van der Waals surface area (Å²) in [4.78, 5) is 0. The second kappa shape index (κ2) is 11.9. The van der Waals surface area contributed by atoms with E-state index in [0.29, 0.717) is 6.10 Å². The fourth-order valence-corrected chi connectivity index (χ4v) is 4.70. The van der Waals surface area contributed by atoms with Crippen LogP contribution in [-0.4, -0.2) is 6.10 Å². The van der Waals surface area contributed by atoms with E-state index in [-0.39, 0.29) is 5.75 Å². The molecule has 2 heteroatoms. The van der Waals surface area contributed by atoms with Crippen LogP contribution in [0.5, 0.6) is 11.5 Å². The Morgan fingerprint density at radius 1 is 0.897 bits per heavy atom. The molecule has 0 saturated heterocycles. The zero-order valence-electron chi connectivity index (χ0n) is 20.0. The van der Waals surface area contributed by atoms with Crippen molar-refractivity contribution < 1.29 is 9.84 Å². The average Bonchev–Trinajstić information content (AvgIpc) is 2.66. The Morgan fingerprint density at radius 3 is 2.10 bits per heavy atom. The summed E-state index contributed by atoms with van der Waals surface area (Å²) < 4.78 is 6.31. The lowest BCUT2D eigenvalue weighted by Crippen LogP contribution is -2.23. The van der Waals surface area contributed by atoms with E-state index in [4.69, 9.17) is 4.74 Å². The molecule has 1 aromatic carbocycles. The lowest BCUT2D eigenvalue weighted by molar-refractivity contribution is 0.156. The maximum Gasteiger partial charge on any atom is 0.182 e. The number of hydrogen-bond donors (Lipinski definition) is 0. The minimum Gasteiger partial charge on any atom is -0.490 e. The van der Waals surface area contributed by atoms with Crippen LogP contribution in [0.1, 0.15) is 109 Å². The number of ether oxygens (including phenoxy) is 1. The molecule has 1 radical (unpaired) electrons. The van der Waals surface area contributed by atoms with E-state index in [1.165, 1.54) is 51.4 Å². The monoisotopic (exact) mass is 401 g/mol. The van der Waals surface area contributed by atoms with E-state index in [1.807, 2.05) is 13.8 Å². The van der Waals surface area contributed by atoms with Crippen LogP contribution >= 0.6 is 0 Å². The molecule has 0 N–H and O–H groups in total. The van der Waals surface area contributed by atoms with Crippen molar-refractivity contribution in [3.05, 3.63) is 22.8 Å². The van der Waals surface area contributed by atoms with Crippen molar-refractivity contribution in [2.24, 2.45) is 17.8 Å². The molecule has 0 aromatic heterocycles.